The van der Waals surface area contributed by atoms with Gasteiger partial charge < -0.3 is 10.8 Å². The van der Waals surface area contributed by atoms with Gasteiger partial charge in [-0.2, -0.15) is 11.8 Å². The summed E-state index contributed by atoms with van der Waals surface area (Å²) in [6, 6.07) is -0.206. The van der Waals surface area contributed by atoms with E-state index in [1.165, 1.54) is 0 Å². The number of rotatable bonds is 3. The van der Waals surface area contributed by atoms with Crippen molar-refractivity contribution in [3.8, 4) is 0 Å². The second kappa shape index (κ2) is 3.66. The topological polar surface area (TPSA) is 63.3 Å². The van der Waals surface area contributed by atoms with Gasteiger partial charge in [0.05, 0.1) is 6.42 Å². The van der Waals surface area contributed by atoms with Gasteiger partial charge in [-0.05, 0) is 25.5 Å². The lowest BCUT2D eigenvalue weighted by Crippen LogP contribution is -2.42. The first-order valence-corrected chi connectivity index (χ1v) is 5.14. The standard InChI is InChI=1S/C8H15NO2S/c1-8(3-2-4-12-8)6(9)5-7(10)11/h6H,2-5,9H2,1H3,(H,10,11). The summed E-state index contributed by atoms with van der Waals surface area (Å²) in [7, 11) is 0. The quantitative estimate of drug-likeness (QED) is 0.697. The maximum atomic E-state index is 10.4. The van der Waals surface area contributed by atoms with Crippen LogP contribution in [0.3, 0.4) is 0 Å². The van der Waals surface area contributed by atoms with Crippen molar-refractivity contribution in [2.75, 3.05) is 5.75 Å². The second-order valence-corrected chi connectivity index (χ2v) is 5.10. The number of nitrogens with two attached hydrogens (primary N) is 1. The Balaban J connectivity index is 2.49. The Hall–Kier alpha value is -0.220. The first-order chi connectivity index (χ1) is 5.54. The summed E-state index contributed by atoms with van der Waals surface area (Å²) in [5, 5.41) is 8.57. The third-order valence-corrected chi connectivity index (χ3v) is 4.09. The molecule has 0 aliphatic carbocycles. The van der Waals surface area contributed by atoms with Crippen LogP contribution in [0.5, 0.6) is 0 Å². The van der Waals surface area contributed by atoms with Crippen LogP contribution >= 0.6 is 11.8 Å². The molecular weight excluding hydrogens is 174 g/mol. The number of carboxylic acids is 1. The van der Waals surface area contributed by atoms with Crippen LogP contribution in [0.4, 0.5) is 0 Å². The zero-order valence-corrected chi connectivity index (χ0v) is 8.06. The Morgan fingerprint density at radius 3 is 2.92 bits per heavy atom. The van der Waals surface area contributed by atoms with E-state index in [9.17, 15) is 4.79 Å². The van der Waals surface area contributed by atoms with Crippen molar-refractivity contribution in [2.24, 2.45) is 5.73 Å². The van der Waals surface area contributed by atoms with E-state index < -0.39 is 5.97 Å². The lowest BCUT2D eigenvalue weighted by atomic mass is 9.94. The molecule has 70 valence electrons. The van der Waals surface area contributed by atoms with E-state index >= 15 is 0 Å². The zero-order chi connectivity index (χ0) is 9.19. The molecular formula is C8H15NO2S. The third kappa shape index (κ3) is 2.14. The molecule has 2 unspecified atom stereocenters. The zero-order valence-electron chi connectivity index (χ0n) is 7.25. The van der Waals surface area contributed by atoms with Crippen LogP contribution in [0.2, 0.25) is 0 Å². The minimum atomic E-state index is -0.795. The molecule has 4 heteroatoms. The van der Waals surface area contributed by atoms with E-state index in [1.54, 1.807) is 11.8 Å². The lowest BCUT2D eigenvalue weighted by molar-refractivity contribution is -0.137. The van der Waals surface area contributed by atoms with Crippen molar-refractivity contribution in [1.29, 1.82) is 0 Å². The van der Waals surface area contributed by atoms with E-state index in [2.05, 4.69) is 6.92 Å². The van der Waals surface area contributed by atoms with Gasteiger partial charge in [0.25, 0.3) is 0 Å². The summed E-state index contributed by atoms with van der Waals surface area (Å²) in [4.78, 5) is 10.4. The minimum Gasteiger partial charge on any atom is -0.481 e. The molecule has 1 rings (SSSR count). The second-order valence-electron chi connectivity index (χ2n) is 3.47. The van der Waals surface area contributed by atoms with Crippen LogP contribution in [-0.4, -0.2) is 27.6 Å². The highest BCUT2D eigenvalue weighted by molar-refractivity contribution is 8.00. The Bertz CT molecular complexity index is 178. The monoisotopic (exact) mass is 189 g/mol. The van der Waals surface area contributed by atoms with Gasteiger partial charge in [0, 0.05) is 10.8 Å². The molecule has 1 heterocycles. The fourth-order valence-corrected chi connectivity index (χ4v) is 2.84. The molecule has 0 aromatic heterocycles. The summed E-state index contributed by atoms with van der Waals surface area (Å²) in [5.41, 5.74) is 5.81. The lowest BCUT2D eigenvalue weighted by Gasteiger charge is -2.28. The van der Waals surface area contributed by atoms with Crippen LogP contribution in [0.25, 0.3) is 0 Å². The molecule has 0 aromatic carbocycles. The van der Waals surface area contributed by atoms with Crippen molar-refractivity contribution < 1.29 is 9.90 Å². The number of carboxylic acid groups (broad SMARTS) is 1. The Labute approximate surface area is 76.7 Å². The van der Waals surface area contributed by atoms with Gasteiger partial charge in [0.1, 0.15) is 0 Å². The Morgan fingerprint density at radius 2 is 2.50 bits per heavy atom. The van der Waals surface area contributed by atoms with E-state index in [0.717, 1.165) is 18.6 Å². The van der Waals surface area contributed by atoms with Gasteiger partial charge in [-0.1, -0.05) is 0 Å². The molecule has 12 heavy (non-hydrogen) atoms. The molecule has 0 radical (unpaired) electrons. The molecule has 0 amide bonds. The molecule has 2 atom stereocenters. The van der Waals surface area contributed by atoms with Crippen LogP contribution in [-0.2, 0) is 4.79 Å². The van der Waals surface area contributed by atoms with Crippen molar-refractivity contribution in [1.82, 2.24) is 0 Å². The maximum absolute atomic E-state index is 10.4. The van der Waals surface area contributed by atoms with Gasteiger partial charge >= 0.3 is 5.97 Å². The maximum Gasteiger partial charge on any atom is 0.304 e. The van der Waals surface area contributed by atoms with E-state index in [0.29, 0.717) is 0 Å². The third-order valence-electron chi connectivity index (χ3n) is 2.43. The van der Waals surface area contributed by atoms with Crippen molar-refractivity contribution >= 4 is 17.7 Å². The smallest absolute Gasteiger partial charge is 0.304 e. The number of hydrogen-bond donors (Lipinski definition) is 2. The number of aliphatic carboxylic acids is 1. The number of hydrogen-bond acceptors (Lipinski definition) is 3. The molecule has 1 fully saturated rings. The van der Waals surface area contributed by atoms with E-state index in [1.807, 2.05) is 0 Å². The van der Waals surface area contributed by atoms with Crippen molar-refractivity contribution in [3.05, 3.63) is 0 Å². The molecule has 1 saturated heterocycles. The fraction of sp³-hybridized carbons (Fsp3) is 0.875. The highest BCUT2D eigenvalue weighted by Crippen LogP contribution is 2.40. The highest BCUT2D eigenvalue weighted by atomic mass is 32.2. The molecule has 3 N–H and O–H groups in total. The van der Waals surface area contributed by atoms with Gasteiger partial charge in [-0.15, -0.1) is 0 Å². The van der Waals surface area contributed by atoms with Crippen molar-refractivity contribution in [2.45, 2.75) is 37.0 Å². The van der Waals surface area contributed by atoms with Gasteiger partial charge in [0.2, 0.25) is 0 Å². The van der Waals surface area contributed by atoms with Crippen LogP contribution < -0.4 is 5.73 Å². The minimum absolute atomic E-state index is 0.00160. The molecule has 0 saturated carbocycles. The van der Waals surface area contributed by atoms with E-state index in [-0.39, 0.29) is 17.2 Å². The molecule has 3 nitrogen and oxygen atoms in total. The van der Waals surface area contributed by atoms with Crippen LogP contribution in [0.1, 0.15) is 26.2 Å². The first kappa shape index (κ1) is 9.86. The summed E-state index contributed by atoms with van der Waals surface area (Å²) in [5.74, 6) is 0.320. The largest absolute Gasteiger partial charge is 0.481 e. The average Bonchev–Trinajstić information content (AvgIpc) is 2.36. The summed E-state index contributed by atoms with van der Waals surface area (Å²) in [6.07, 6.45) is 2.30. The predicted octanol–water partition coefficient (Wildman–Crippen LogP) is 1.07. The predicted molar refractivity (Wildman–Crippen MR) is 50.3 cm³/mol. The average molecular weight is 189 g/mol. The Kier molecular flexibility index (Phi) is 3.01. The summed E-state index contributed by atoms with van der Waals surface area (Å²) >= 11 is 1.81. The highest BCUT2D eigenvalue weighted by Gasteiger charge is 2.36. The van der Waals surface area contributed by atoms with Gasteiger partial charge in [-0.25, -0.2) is 0 Å². The number of thioether (sulfide) groups is 1. The fourth-order valence-electron chi connectivity index (χ4n) is 1.50. The SMILES string of the molecule is CC1(C(N)CC(=O)O)CCCS1. The molecule has 0 aromatic rings. The van der Waals surface area contributed by atoms with Crippen molar-refractivity contribution in [3.63, 3.8) is 0 Å². The normalized spacial score (nSPS) is 31.8. The molecule has 0 bridgehead atoms. The molecule has 1 aliphatic heterocycles. The van der Waals surface area contributed by atoms with Gasteiger partial charge in [-0.3, -0.25) is 4.79 Å². The van der Waals surface area contributed by atoms with E-state index in [4.69, 9.17) is 10.8 Å². The Morgan fingerprint density at radius 1 is 1.83 bits per heavy atom. The summed E-state index contributed by atoms with van der Waals surface area (Å²) in [6.45, 7) is 2.07. The first-order valence-electron chi connectivity index (χ1n) is 4.16. The van der Waals surface area contributed by atoms with Gasteiger partial charge in [0.15, 0.2) is 0 Å². The number of carbonyl (C=O) groups is 1. The van der Waals surface area contributed by atoms with Crippen LogP contribution in [0.15, 0.2) is 0 Å². The summed E-state index contributed by atoms with van der Waals surface area (Å²) < 4.78 is -0.00160. The molecule has 0 spiro atoms. The molecule has 1 aliphatic rings. The van der Waals surface area contributed by atoms with Crippen LogP contribution in [0, 0.1) is 0 Å².